The van der Waals surface area contributed by atoms with E-state index >= 15 is 0 Å². The first-order valence-electron chi connectivity index (χ1n) is 13.2. The number of nitrogens with one attached hydrogen (secondary N) is 1. The topological polar surface area (TPSA) is 298 Å². The Morgan fingerprint density at radius 1 is 1.07 bits per heavy atom. The molecule has 10 unspecified atom stereocenters. The number of hydrogen-bond acceptors (Lipinski definition) is 18. The van der Waals surface area contributed by atoms with Gasteiger partial charge >= 0.3 is 16.1 Å². The zero-order valence-electron chi connectivity index (χ0n) is 22.6. The van der Waals surface area contributed by atoms with Crippen LogP contribution in [0, 0.1) is 0 Å². The number of H-pyrrole nitrogens is 1. The lowest BCUT2D eigenvalue weighted by Crippen LogP contribution is -2.45. The van der Waals surface area contributed by atoms with E-state index in [1.54, 1.807) is 0 Å². The van der Waals surface area contributed by atoms with Crippen LogP contribution in [0.4, 0.5) is 11.8 Å². The van der Waals surface area contributed by atoms with Crippen molar-refractivity contribution in [3.05, 3.63) is 29.3 Å². The maximum Gasteiger partial charge on any atom is 0.697 e. The van der Waals surface area contributed by atoms with Crippen LogP contribution >= 0.6 is 16.1 Å². The second-order valence-corrected chi connectivity index (χ2v) is 12.9. The average Bonchev–Trinajstić information content (AvgIpc) is 3.80. The Hall–Kier alpha value is -3.53. The van der Waals surface area contributed by atoms with Gasteiger partial charge in [0, 0.05) is 4.57 Å². The van der Waals surface area contributed by atoms with E-state index in [-0.39, 0.29) is 29.5 Å². The maximum atomic E-state index is 13.4. The highest BCUT2D eigenvalue weighted by atomic mass is 31.2. The SMILES string of the molecule is Nc1nc2c(ncn2C2OC3CO[P+](=O)OC4C5OCC4(COP(=O)(O)OC2C3O)OC5n2cnc3c(N)ncnc32)c(=O)[nH]1. The van der Waals surface area contributed by atoms with Gasteiger partial charge in [-0.2, -0.15) is 4.98 Å². The van der Waals surface area contributed by atoms with Crippen LogP contribution in [0.25, 0.3) is 22.3 Å². The van der Waals surface area contributed by atoms with E-state index in [1.807, 2.05) is 0 Å². The fourth-order valence-electron chi connectivity index (χ4n) is 5.89. The van der Waals surface area contributed by atoms with Crippen LogP contribution in [0.3, 0.4) is 0 Å². The Bertz CT molecular complexity index is 1950. The summed E-state index contributed by atoms with van der Waals surface area (Å²) in [7, 11) is -7.94. The molecular weight excluding hydrogens is 646 g/mol. The smallest absolute Gasteiger partial charge is 0.387 e. The van der Waals surface area contributed by atoms with E-state index in [1.165, 1.54) is 21.8 Å². The molecule has 0 saturated carbocycles. The number of rotatable bonds is 2. The van der Waals surface area contributed by atoms with Crippen molar-refractivity contribution in [1.29, 1.82) is 0 Å². The van der Waals surface area contributed by atoms with Gasteiger partial charge < -0.3 is 35.7 Å². The second-order valence-electron chi connectivity index (χ2n) is 10.6. The number of anilines is 2. The number of nitrogens with zero attached hydrogens (tertiary/aromatic N) is 7. The predicted octanol–water partition coefficient (Wildman–Crippen LogP) is -1.38. The Morgan fingerprint density at radius 2 is 1.84 bits per heavy atom. The van der Waals surface area contributed by atoms with Crippen molar-refractivity contribution < 1.29 is 51.4 Å². The standard InChI is InChI=1S/C21H22N10O12P2/c22-14-8-15(25-4-24-14)30(5-26-8)19-12-13-21(41-19,2-37-12)3-39-45(35,36)43-11-10(32)7(1-38-44(34)42-13)40-18(11)31-6-27-9-16(31)28-20(23)29-17(9)33/h4-7,10-13,18-19,32H,1-3H2,(H5-,22,23,24,25,28,29,33,35,36)/p+1. The molecule has 0 aromatic carbocycles. The average molecular weight is 669 g/mol. The first-order valence-corrected chi connectivity index (χ1v) is 15.8. The van der Waals surface area contributed by atoms with Crippen LogP contribution < -0.4 is 17.0 Å². The summed E-state index contributed by atoms with van der Waals surface area (Å²) in [4.78, 5) is 45.9. The van der Waals surface area contributed by atoms with Gasteiger partial charge in [-0.25, -0.2) is 24.5 Å². The van der Waals surface area contributed by atoms with Crippen molar-refractivity contribution >= 4 is 50.2 Å². The van der Waals surface area contributed by atoms with E-state index in [2.05, 4.69) is 29.9 Å². The fraction of sp³-hybridized carbons (Fsp3) is 0.524. The molecule has 0 amide bonds. The van der Waals surface area contributed by atoms with Crippen LogP contribution in [0.15, 0.2) is 23.8 Å². The van der Waals surface area contributed by atoms with Crippen molar-refractivity contribution in [3.8, 4) is 0 Å². The summed E-state index contributed by atoms with van der Waals surface area (Å²) >= 11 is 0. The molecule has 7 N–H and O–H groups in total. The molecule has 0 radical (unpaired) electrons. The number of aromatic nitrogens is 8. The van der Waals surface area contributed by atoms with Gasteiger partial charge in [-0.15, -0.1) is 9.05 Å². The Morgan fingerprint density at radius 3 is 2.67 bits per heavy atom. The molecule has 8 heterocycles. The third-order valence-electron chi connectivity index (χ3n) is 7.94. The van der Waals surface area contributed by atoms with Gasteiger partial charge in [0.15, 0.2) is 46.8 Å². The molecule has 0 spiro atoms. The van der Waals surface area contributed by atoms with E-state index < -0.39 is 83.4 Å². The minimum atomic E-state index is -5.03. The molecular formula is C21H23N10O12P2+. The van der Waals surface area contributed by atoms with E-state index in [0.717, 1.165) is 6.33 Å². The number of nitrogen functional groups attached to an aromatic ring is 2. The van der Waals surface area contributed by atoms with Crippen molar-refractivity contribution in [2.75, 3.05) is 31.3 Å². The van der Waals surface area contributed by atoms with Gasteiger partial charge in [0.25, 0.3) is 5.56 Å². The summed E-state index contributed by atoms with van der Waals surface area (Å²) in [6.45, 7) is -1.34. The van der Waals surface area contributed by atoms with Gasteiger partial charge in [0.05, 0.1) is 25.9 Å². The van der Waals surface area contributed by atoms with E-state index in [0.29, 0.717) is 11.2 Å². The number of aliphatic hydroxyl groups excluding tert-OH is 1. The molecule has 10 atom stereocenters. The summed E-state index contributed by atoms with van der Waals surface area (Å²) in [5, 5.41) is 11.1. The largest absolute Gasteiger partial charge is 0.697 e. The normalized spacial score (nSPS) is 37.8. The molecule has 238 valence electrons. The second kappa shape index (κ2) is 10.2. The first-order chi connectivity index (χ1) is 21.5. The highest BCUT2D eigenvalue weighted by Gasteiger charge is 2.67. The van der Waals surface area contributed by atoms with Crippen molar-refractivity contribution in [2.45, 2.75) is 48.6 Å². The third kappa shape index (κ3) is 4.57. The summed E-state index contributed by atoms with van der Waals surface area (Å²) in [6, 6.07) is 0. The summed E-state index contributed by atoms with van der Waals surface area (Å²) in [5.41, 5.74) is 9.80. The maximum absolute atomic E-state index is 13.4. The van der Waals surface area contributed by atoms with Gasteiger partial charge in [-0.1, -0.05) is 0 Å². The highest BCUT2D eigenvalue weighted by Crippen LogP contribution is 2.55. The first kappa shape index (κ1) is 28.9. The van der Waals surface area contributed by atoms with Crippen LogP contribution in [-0.2, 0) is 41.4 Å². The predicted molar refractivity (Wildman–Crippen MR) is 144 cm³/mol. The molecule has 22 nitrogen and oxygen atoms in total. The van der Waals surface area contributed by atoms with E-state index in [4.69, 9.17) is 43.8 Å². The van der Waals surface area contributed by atoms with E-state index in [9.17, 15) is 23.9 Å². The molecule has 0 aliphatic carbocycles. The van der Waals surface area contributed by atoms with Crippen molar-refractivity contribution in [2.24, 2.45) is 0 Å². The molecule has 24 heteroatoms. The summed E-state index contributed by atoms with van der Waals surface area (Å²) < 4.78 is 69.3. The number of phosphoric ester groups is 1. The number of hydrogen-bond donors (Lipinski definition) is 5. The third-order valence-corrected chi connectivity index (χ3v) is 9.67. The lowest BCUT2D eigenvalue weighted by Gasteiger charge is -2.31. The molecule has 45 heavy (non-hydrogen) atoms. The number of aliphatic hydroxyl groups is 1. The van der Waals surface area contributed by atoms with Crippen LogP contribution in [0.1, 0.15) is 12.5 Å². The molecule has 4 aliphatic rings. The van der Waals surface area contributed by atoms with Gasteiger partial charge in [0.2, 0.25) is 5.95 Å². The number of imidazole rings is 2. The van der Waals surface area contributed by atoms with Crippen molar-refractivity contribution in [1.82, 2.24) is 39.0 Å². The summed E-state index contributed by atoms with van der Waals surface area (Å²) in [5.74, 6) is -0.108. The number of nitrogens with two attached hydrogens (primary N) is 2. The molecule has 4 fully saturated rings. The van der Waals surface area contributed by atoms with Crippen LogP contribution in [0.2, 0.25) is 0 Å². The molecule has 4 aromatic rings. The molecule has 4 aliphatic heterocycles. The monoisotopic (exact) mass is 669 g/mol. The number of fused-ring (bicyclic) bond motifs is 4. The minimum Gasteiger partial charge on any atom is -0.387 e. The minimum absolute atomic E-state index is 0.0619. The fourth-order valence-corrected chi connectivity index (χ4v) is 7.69. The number of aromatic amines is 1. The highest BCUT2D eigenvalue weighted by molar-refractivity contribution is 7.47. The van der Waals surface area contributed by atoms with Crippen molar-refractivity contribution in [3.63, 3.8) is 0 Å². The molecule has 8 rings (SSSR count). The van der Waals surface area contributed by atoms with Gasteiger partial charge in [0.1, 0.15) is 42.9 Å². The Labute approximate surface area is 250 Å². The van der Waals surface area contributed by atoms with Crippen LogP contribution in [0.5, 0.6) is 0 Å². The summed E-state index contributed by atoms with van der Waals surface area (Å²) in [6.07, 6.45) is -5.10. The Balaban J connectivity index is 1.12. The Kier molecular flexibility index (Phi) is 6.58. The quantitative estimate of drug-likeness (QED) is 0.154. The molecule has 4 bridgehead atoms. The molecule has 4 saturated heterocycles. The van der Waals surface area contributed by atoms with Gasteiger partial charge in [-0.05, 0) is 0 Å². The van der Waals surface area contributed by atoms with Gasteiger partial charge in [-0.3, -0.25) is 28.0 Å². The lowest BCUT2D eigenvalue weighted by molar-refractivity contribution is -0.184. The zero-order chi connectivity index (χ0) is 31.2. The number of ether oxygens (including phenoxy) is 3. The zero-order valence-corrected chi connectivity index (χ0v) is 24.3. The lowest BCUT2D eigenvalue weighted by atomic mass is 10.0. The van der Waals surface area contributed by atoms with Crippen LogP contribution in [-0.4, -0.2) is 105 Å². The number of phosphoric acid groups is 1. The molecule has 4 aromatic heterocycles.